The van der Waals surface area contributed by atoms with E-state index in [-0.39, 0.29) is 37.0 Å². The average Bonchev–Trinajstić information content (AvgIpc) is 3.50. The van der Waals surface area contributed by atoms with Crippen LogP contribution in [-0.2, 0) is 65.6 Å². The summed E-state index contributed by atoms with van der Waals surface area (Å²) in [6.07, 6.45) is 0.475. The van der Waals surface area contributed by atoms with Crippen molar-refractivity contribution < 1.29 is 57.8 Å². The highest BCUT2D eigenvalue weighted by atomic mass is 16.3. The molecule has 458 valence electrons. The van der Waals surface area contributed by atoms with Crippen LogP contribution < -0.4 is 31.9 Å². The van der Waals surface area contributed by atoms with Crippen LogP contribution in [-0.4, -0.2) is 203 Å². The van der Waals surface area contributed by atoms with Gasteiger partial charge in [-0.1, -0.05) is 102 Å². The number of likely N-dealkylation sites (N-methyl/N-ethyl adjacent to an activating group) is 4. The van der Waals surface area contributed by atoms with Crippen LogP contribution in [0.2, 0.25) is 0 Å². The molecule has 83 heavy (non-hydrogen) atoms. The molecule has 2 aromatic carbocycles. The molecule has 0 aliphatic carbocycles. The van der Waals surface area contributed by atoms with Gasteiger partial charge in [-0.2, -0.15) is 0 Å². The molecule has 23 heteroatoms. The van der Waals surface area contributed by atoms with Crippen molar-refractivity contribution in [1.82, 2.24) is 56.4 Å². The number of piperidine rings is 1. The zero-order valence-corrected chi connectivity index (χ0v) is 50.7. The summed E-state index contributed by atoms with van der Waals surface area (Å²) in [6.45, 7) is 15.4. The number of nitrogens with one attached hydrogen (secondary N) is 6. The lowest BCUT2D eigenvalue weighted by Crippen LogP contribution is -2.62. The maximum atomic E-state index is 15.0. The van der Waals surface area contributed by atoms with Gasteiger partial charge in [-0.05, 0) is 81.8 Å². The molecule has 2 aromatic rings. The average molecular weight is 1160 g/mol. The Bertz CT molecular complexity index is 2580. The molecule has 2 saturated heterocycles. The van der Waals surface area contributed by atoms with Gasteiger partial charge >= 0.3 is 0 Å². The van der Waals surface area contributed by atoms with E-state index in [9.17, 15) is 57.8 Å². The molecule has 0 saturated carbocycles. The first-order valence-electron chi connectivity index (χ1n) is 28.9. The van der Waals surface area contributed by atoms with Gasteiger partial charge in [0.15, 0.2) is 0 Å². The van der Waals surface area contributed by atoms with Gasteiger partial charge in [0.2, 0.25) is 65.0 Å². The van der Waals surface area contributed by atoms with Gasteiger partial charge in [0, 0.05) is 54.1 Å². The first-order valence-corrected chi connectivity index (χ1v) is 28.9. The predicted octanol–water partition coefficient (Wildman–Crippen LogP) is 0.905. The van der Waals surface area contributed by atoms with Gasteiger partial charge in [0.05, 0.1) is 19.1 Å². The van der Waals surface area contributed by atoms with Crippen molar-refractivity contribution in [2.24, 2.45) is 17.8 Å². The molecule has 2 heterocycles. The Morgan fingerprint density at radius 3 is 1.71 bits per heavy atom. The van der Waals surface area contributed by atoms with Crippen LogP contribution in [0.25, 0.3) is 0 Å². The minimum absolute atomic E-state index is 0.00291. The molecule has 0 aromatic heterocycles. The number of carbonyl (C=O) groups is 11. The van der Waals surface area contributed by atoms with Crippen LogP contribution in [0.1, 0.15) is 112 Å². The van der Waals surface area contributed by atoms with Crippen LogP contribution >= 0.6 is 0 Å². The number of hydrogen-bond donors (Lipinski definition) is 7. The summed E-state index contributed by atoms with van der Waals surface area (Å²) in [5.41, 5.74) is 1.21. The maximum absolute atomic E-state index is 15.0. The molecular weight excluding hydrogens is 1070 g/mol. The number of hydrogen-bond acceptors (Lipinski definition) is 12. The van der Waals surface area contributed by atoms with Gasteiger partial charge < -0.3 is 61.5 Å². The van der Waals surface area contributed by atoms with Crippen LogP contribution in [0.4, 0.5) is 0 Å². The fraction of sp³-hybridized carbons (Fsp3) is 0.617. The summed E-state index contributed by atoms with van der Waals surface area (Å²) in [5, 5.41) is 26.8. The van der Waals surface area contributed by atoms with Crippen LogP contribution in [0.3, 0.4) is 0 Å². The SMILES string of the molecule is CC(C)C[C@H](NC(=O)CN(C)C(=O)[C@@H]1CC(=O)N[C@H](C)C(=O)N[C@@H](C(C)C)C(=O)N(C)[C@@H](Cc2ccccc2)C(=O)N(C)[C@@H](CC(C)C)C(=O)N(C)[C@@H](C)C(=O)N[C@@H]([C@@H](C)O)C(=O)N[C@@H](Cc2ccccc2)C(=O)N1)C(=O)N1CCCCC1. The summed E-state index contributed by atoms with van der Waals surface area (Å²) in [7, 11) is 5.49. The van der Waals surface area contributed by atoms with Gasteiger partial charge in [0.25, 0.3) is 0 Å². The molecular formula is C60H91N11O12. The van der Waals surface area contributed by atoms with E-state index in [4.69, 9.17) is 0 Å². The minimum atomic E-state index is -1.77. The maximum Gasteiger partial charge on any atom is 0.246 e. The highest BCUT2D eigenvalue weighted by Gasteiger charge is 2.42. The van der Waals surface area contributed by atoms with Gasteiger partial charge in [-0.3, -0.25) is 52.7 Å². The largest absolute Gasteiger partial charge is 0.391 e. The number of likely N-dealkylation sites (tertiary alicyclic amines) is 1. The van der Waals surface area contributed by atoms with Gasteiger partial charge in [-0.15, -0.1) is 0 Å². The summed E-state index contributed by atoms with van der Waals surface area (Å²) in [4.78, 5) is 164. The van der Waals surface area contributed by atoms with Crippen molar-refractivity contribution in [3.63, 3.8) is 0 Å². The first kappa shape index (κ1) is 68.1. The first-order chi connectivity index (χ1) is 39.0. The minimum Gasteiger partial charge on any atom is -0.391 e. The quantitative estimate of drug-likeness (QED) is 0.131. The highest BCUT2D eigenvalue weighted by Crippen LogP contribution is 2.21. The molecule has 0 unspecified atom stereocenters. The standard InChI is InChI=1S/C60H91N11O12/c1-35(2)29-44(57(80)71-27-21-16-22-28-71)62-49(74)34-67(10)56(79)45-33-48(73)61-38(7)52(75)65-50(37(5)6)60(83)70(13)47(32-42-25-19-15-20-26-42)59(82)69(12)46(30-36(3)4)58(81)68(11)39(8)53(76)66-51(40(9)72)55(78)63-43(54(77)64-45)31-41-23-17-14-18-24-41/h14-15,17-20,23-26,35-40,43-47,50-51,72H,16,21-22,27-34H2,1-13H3,(H,61,73)(H,62,74)(H,63,78)(H,64,77)(H,65,75)(H,66,76)/t38-,39+,40-,43+,44+,45+,46+,47+,50+,51+/m1/s1. The predicted molar refractivity (Wildman–Crippen MR) is 311 cm³/mol. The number of rotatable bonds is 15. The molecule has 2 aliphatic heterocycles. The molecule has 7 N–H and O–H groups in total. The molecule has 23 nitrogen and oxygen atoms in total. The topological polar surface area (TPSA) is 296 Å². The molecule has 4 rings (SSSR count). The normalized spacial score (nSPS) is 24.4. The highest BCUT2D eigenvalue weighted by molar-refractivity contribution is 6.00. The Morgan fingerprint density at radius 1 is 0.627 bits per heavy atom. The van der Waals surface area contributed by atoms with Crippen LogP contribution in [0.15, 0.2) is 60.7 Å². The van der Waals surface area contributed by atoms with E-state index in [1.54, 1.807) is 79.4 Å². The zero-order chi connectivity index (χ0) is 62.0. The van der Waals surface area contributed by atoms with Crippen molar-refractivity contribution in [3.05, 3.63) is 71.8 Å². The lowest BCUT2D eigenvalue weighted by Gasteiger charge is -2.38. The van der Waals surface area contributed by atoms with Crippen molar-refractivity contribution >= 4 is 65.0 Å². The van der Waals surface area contributed by atoms with Crippen molar-refractivity contribution in [1.29, 1.82) is 0 Å². The smallest absolute Gasteiger partial charge is 0.246 e. The van der Waals surface area contributed by atoms with E-state index in [0.29, 0.717) is 30.6 Å². The Morgan fingerprint density at radius 2 is 1.17 bits per heavy atom. The molecule has 10 atom stereocenters. The van der Waals surface area contributed by atoms with Crippen molar-refractivity contribution in [2.75, 3.05) is 47.8 Å². The number of benzene rings is 2. The Kier molecular flexibility index (Phi) is 26.1. The van der Waals surface area contributed by atoms with E-state index >= 15 is 0 Å². The summed E-state index contributed by atoms with van der Waals surface area (Å²) in [6, 6.07) is 5.06. The van der Waals surface area contributed by atoms with Crippen LogP contribution in [0.5, 0.6) is 0 Å². The second-order valence-corrected chi connectivity index (χ2v) is 23.5. The third kappa shape index (κ3) is 19.9. The Labute approximate surface area is 489 Å². The van der Waals surface area contributed by atoms with Gasteiger partial charge in [0.1, 0.15) is 54.4 Å². The number of nitrogens with zero attached hydrogens (tertiary/aromatic N) is 5. The summed E-state index contributed by atoms with van der Waals surface area (Å²) in [5.74, 6) is -9.20. The lowest BCUT2D eigenvalue weighted by atomic mass is 9.97. The third-order valence-electron chi connectivity index (χ3n) is 15.2. The monoisotopic (exact) mass is 1160 g/mol. The van der Waals surface area contributed by atoms with E-state index in [2.05, 4.69) is 31.9 Å². The van der Waals surface area contributed by atoms with Crippen molar-refractivity contribution in [3.8, 4) is 0 Å². The van der Waals surface area contributed by atoms with E-state index in [1.165, 1.54) is 58.8 Å². The molecule has 0 bridgehead atoms. The molecule has 2 aliphatic rings. The van der Waals surface area contributed by atoms with Crippen molar-refractivity contribution in [2.45, 2.75) is 174 Å². The third-order valence-corrected chi connectivity index (χ3v) is 15.2. The van der Waals surface area contributed by atoms with E-state index < -0.39 is 138 Å². The second-order valence-electron chi connectivity index (χ2n) is 23.5. The van der Waals surface area contributed by atoms with Gasteiger partial charge in [-0.25, -0.2) is 0 Å². The summed E-state index contributed by atoms with van der Waals surface area (Å²) >= 11 is 0. The number of aliphatic hydroxyl groups is 1. The fourth-order valence-corrected chi connectivity index (χ4v) is 10.1. The Hall–Kier alpha value is -7.43. The molecule has 0 spiro atoms. The molecule has 2 fully saturated rings. The summed E-state index contributed by atoms with van der Waals surface area (Å²) < 4.78 is 0. The fourth-order valence-electron chi connectivity index (χ4n) is 10.1. The second kappa shape index (κ2) is 31.9. The van der Waals surface area contributed by atoms with Crippen LogP contribution in [0, 0.1) is 17.8 Å². The molecule has 0 radical (unpaired) electrons. The Balaban J connectivity index is 1.82. The number of carbonyl (C=O) groups excluding carboxylic acids is 11. The number of aliphatic hydroxyl groups excluding tert-OH is 1. The van der Waals surface area contributed by atoms with E-state index in [0.717, 1.165) is 29.1 Å². The molecule has 11 amide bonds. The zero-order valence-electron chi connectivity index (χ0n) is 50.7. The van der Waals surface area contributed by atoms with E-state index in [1.807, 2.05) is 27.7 Å². The lowest BCUT2D eigenvalue weighted by molar-refractivity contribution is -0.153. The number of amides is 11.